The standard InChI is InChI=1S/C12H8S2/c1-2-6-10-9(5-1)13-11-7-3-4-8-12(11)14-10/h1-7,11H. The first-order valence-electron chi connectivity index (χ1n) is 4.50. The van der Waals surface area contributed by atoms with E-state index in [1.54, 1.807) is 0 Å². The number of benzene rings is 1. The van der Waals surface area contributed by atoms with E-state index >= 15 is 0 Å². The van der Waals surface area contributed by atoms with E-state index in [0.29, 0.717) is 5.25 Å². The Bertz CT molecular complexity index is 465. The van der Waals surface area contributed by atoms with Crippen molar-refractivity contribution in [2.24, 2.45) is 0 Å². The molecule has 1 aromatic carbocycles. The van der Waals surface area contributed by atoms with Crippen LogP contribution in [0.1, 0.15) is 0 Å². The molecule has 1 unspecified atom stereocenters. The molecular formula is C12H8S2. The molecule has 0 fully saturated rings. The van der Waals surface area contributed by atoms with Gasteiger partial charge in [0.15, 0.2) is 0 Å². The Labute approximate surface area is 91.8 Å². The lowest BCUT2D eigenvalue weighted by atomic mass is 10.3. The van der Waals surface area contributed by atoms with E-state index in [1.807, 2.05) is 29.6 Å². The van der Waals surface area contributed by atoms with Crippen LogP contribution in [0.15, 0.2) is 62.9 Å². The van der Waals surface area contributed by atoms with E-state index in [1.165, 1.54) is 14.7 Å². The quantitative estimate of drug-likeness (QED) is 0.604. The Balaban J connectivity index is 2.10. The molecule has 2 heteroatoms. The highest BCUT2D eigenvalue weighted by molar-refractivity contribution is 8.09. The first kappa shape index (κ1) is 8.49. The van der Waals surface area contributed by atoms with Gasteiger partial charge in [0, 0.05) is 14.7 Å². The second-order valence-electron chi connectivity index (χ2n) is 3.15. The van der Waals surface area contributed by atoms with Crippen molar-refractivity contribution in [2.45, 2.75) is 15.0 Å². The van der Waals surface area contributed by atoms with Gasteiger partial charge in [-0.15, -0.1) is 17.5 Å². The van der Waals surface area contributed by atoms with Crippen molar-refractivity contribution >= 4 is 23.5 Å². The van der Waals surface area contributed by atoms with Crippen molar-refractivity contribution < 1.29 is 0 Å². The lowest BCUT2D eigenvalue weighted by molar-refractivity contribution is 1.20. The Kier molecular flexibility index (Phi) is 2.06. The second kappa shape index (κ2) is 3.39. The highest BCUT2D eigenvalue weighted by Crippen LogP contribution is 2.47. The van der Waals surface area contributed by atoms with Crippen molar-refractivity contribution in [3.8, 4) is 0 Å². The molecule has 2 aliphatic rings. The van der Waals surface area contributed by atoms with Crippen molar-refractivity contribution in [1.29, 1.82) is 0 Å². The summed E-state index contributed by atoms with van der Waals surface area (Å²) in [4.78, 5) is 4.08. The molecule has 3 rings (SSSR count). The lowest BCUT2D eigenvalue weighted by Crippen LogP contribution is -2.05. The van der Waals surface area contributed by atoms with E-state index in [0.717, 1.165) is 0 Å². The molecule has 0 aromatic heterocycles. The van der Waals surface area contributed by atoms with Crippen LogP contribution in [0.5, 0.6) is 0 Å². The van der Waals surface area contributed by atoms with Crippen LogP contribution in [-0.2, 0) is 0 Å². The summed E-state index contributed by atoms with van der Waals surface area (Å²) < 4.78 is 0. The van der Waals surface area contributed by atoms with E-state index in [4.69, 9.17) is 0 Å². The minimum absolute atomic E-state index is 0.486. The van der Waals surface area contributed by atoms with E-state index < -0.39 is 0 Å². The van der Waals surface area contributed by atoms with Crippen LogP contribution in [0.4, 0.5) is 0 Å². The molecule has 0 spiro atoms. The molecular weight excluding hydrogens is 208 g/mol. The predicted octanol–water partition coefficient (Wildman–Crippen LogP) is 3.86. The van der Waals surface area contributed by atoms with Gasteiger partial charge in [-0.2, -0.15) is 0 Å². The zero-order valence-electron chi connectivity index (χ0n) is 7.44. The first-order chi connectivity index (χ1) is 6.93. The molecule has 1 aliphatic heterocycles. The van der Waals surface area contributed by atoms with Crippen LogP contribution >= 0.6 is 23.5 Å². The summed E-state index contributed by atoms with van der Waals surface area (Å²) in [5.74, 6) is 0. The zero-order chi connectivity index (χ0) is 9.38. The number of hydrogen-bond donors (Lipinski definition) is 0. The van der Waals surface area contributed by atoms with Gasteiger partial charge < -0.3 is 0 Å². The van der Waals surface area contributed by atoms with Crippen molar-refractivity contribution in [3.05, 3.63) is 53.1 Å². The van der Waals surface area contributed by atoms with Gasteiger partial charge in [0.05, 0.1) is 5.25 Å². The third kappa shape index (κ3) is 1.36. The van der Waals surface area contributed by atoms with Crippen molar-refractivity contribution in [1.82, 2.24) is 0 Å². The molecule has 1 aliphatic carbocycles. The van der Waals surface area contributed by atoms with E-state index in [9.17, 15) is 0 Å². The fourth-order valence-electron chi connectivity index (χ4n) is 1.52. The topological polar surface area (TPSA) is 0 Å². The second-order valence-corrected chi connectivity index (χ2v) is 5.41. The Morgan fingerprint density at radius 2 is 2.00 bits per heavy atom. The molecule has 1 atom stereocenters. The van der Waals surface area contributed by atoms with Gasteiger partial charge in [0.2, 0.25) is 0 Å². The predicted molar refractivity (Wildman–Crippen MR) is 62.7 cm³/mol. The van der Waals surface area contributed by atoms with Crippen molar-refractivity contribution in [2.75, 3.05) is 0 Å². The third-order valence-corrected chi connectivity index (χ3v) is 4.89. The minimum Gasteiger partial charge on any atom is -0.111 e. The maximum Gasteiger partial charge on any atom is 0.0665 e. The van der Waals surface area contributed by atoms with E-state index in [2.05, 4.69) is 42.1 Å². The molecule has 1 aromatic rings. The Hall–Kier alpha value is -0.820. The van der Waals surface area contributed by atoms with E-state index in [-0.39, 0.29) is 0 Å². The first-order valence-corrected chi connectivity index (χ1v) is 6.20. The van der Waals surface area contributed by atoms with Crippen LogP contribution < -0.4 is 0 Å². The molecule has 0 N–H and O–H groups in total. The molecule has 0 saturated carbocycles. The SMILES string of the molecule is C1=CC=CC2Sc3ccccc3SC=12. The molecule has 0 nitrogen and oxygen atoms in total. The van der Waals surface area contributed by atoms with Crippen LogP contribution in [0.25, 0.3) is 0 Å². The van der Waals surface area contributed by atoms with Crippen LogP contribution in [0, 0.1) is 0 Å². The zero-order valence-corrected chi connectivity index (χ0v) is 9.07. The van der Waals surface area contributed by atoms with Gasteiger partial charge in [-0.1, -0.05) is 36.0 Å². The molecule has 0 saturated heterocycles. The summed E-state index contributed by atoms with van der Waals surface area (Å²) in [5, 5.41) is 0.486. The fourth-order valence-corrected chi connectivity index (χ4v) is 3.91. The van der Waals surface area contributed by atoms with Crippen LogP contribution in [0.3, 0.4) is 0 Å². The van der Waals surface area contributed by atoms with Gasteiger partial charge >= 0.3 is 0 Å². The number of thioether (sulfide) groups is 2. The normalized spacial score (nSPS) is 22.6. The number of rotatable bonds is 0. The average molecular weight is 216 g/mol. The highest BCUT2D eigenvalue weighted by Gasteiger charge is 2.22. The van der Waals surface area contributed by atoms with Gasteiger partial charge in [-0.25, -0.2) is 0 Å². The largest absolute Gasteiger partial charge is 0.111 e. The smallest absolute Gasteiger partial charge is 0.0665 e. The average Bonchev–Trinajstić information content (AvgIpc) is 2.26. The lowest BCUT2D eigenvalue weighted by Gasteiger charge is -2.23. The fraction of sp³-hybridized carbons (Fsp3) is 0.0833. The van der Waals surface area contributed by atoms with Crippen LogP contribution in [-0.4, -0.2) is 5.25 Å². The summed E-state index contributed by atoms with van der Waals surface area (Å²) in [5.41, 5.74) is 3.31. The van der Waals surface area contributed by atoms with Gasteiger partial charge in [-0.3, -0.25) is 0 Å². The molecule has 0 bridgehead atoms. The van der Waals surface area contributed by atoms with Gasteiger partial charge in [0.25, 0.3) is 0 Å². The summed E-state index contributed by atoms with van der Waals surface area (Å²) in [6.07, 6.45) is 6.31. The number of allylic oxidation sites excluding steroid dienone is 1. The molecule has 14 heavy (non-hydrogen) atoms. The molecule has 68 valence electrons. The maximum atomic E-state index is 3.31. The molecule has 1 heterocycles. The summed E-state index contributed by atoms with van der Waals surface area (Å²) >= 11 is 3.76. The van der Waals surface area contributed by atoms with Gasteiger partial charge in [0.1, 0.15) is 0 Å². The number of hydrogen-bond acceptors (Lipinski definition) is 2. The summed E-state index contributed by atoms with van der Waals surface area (Å²) in [7, 11) is 0. The molecule has 0 radical (unpaired) electrons. The summed E-state index contributed by atoms with van der Waals surface area (Å²) in [6.45, 7) is 0. The molecule has 0 amide bonds. The van der Waals surface area contributed by atoms with Crippen molar-refractivity contribution in [3.63, 3.8) is 0 Å². The van der Waals surface area contributed by atoms with Crippen LogP contribution in [0.2, 0.25) is 0 Å². The monoisotopic (exact) mass is 216 g/mol. The summed E-state index contributed by atoms with van der Waals surface area (Å²) in [6, 6.07) is 8.56. The van der Waals surface area contributed by atoms with Gasteiger partial charge in [-0.05, 0) is 18.2 Å². The Morgan fingerprint density at radius 1 is 1.14 bits per heavy atom. The minimum atomic E-state index is 0.486. The number of fused-ring (bicyclic) bond motifs is 2. The highest BCUT2D eigenvalue weighted by atomic mass is 32.2. The Morgan fingerprint density at radius 3 is 2.93 bits per heavy atom. The maximum absolute atomic E-state index is 3.31. The third-order valence-electron chi connectivity index (χ3n) is 2.19.